The summed E-state index contributed by atoms with van der Waals surface area (Å²) in [4.78, 5) is 10.2. The molecule has 0 aliphatic heterocycles. The fourth-order valence-electron chi connectivity index (χ4n) is 7.03. The summed E-state index contributed by atoms with van der Waals surface area (Å²) in [5, 5.41) is 14.9. The molecule has 0 saturated heterocycles. The normalized spacial score (nSPS) is 11.2. The van der Waals surface area contributed by atoms with E-state index in [1.54, 1.807) is 0 Å². The molecule has 0 radical (unpaired) electrons. The van der Waals surface area contributed by atoms with Crippen molar-refractivity contribution >= 4 is 32.4 Å². The van der Waals surface area contributed by atoms with Crippen LogP contribution in [0.3, 0.4) is 0 Å². The molecule has 1 aromatic heterocycles. The van der Waals surface area contributed by atoms with Crippen LogP contribution in [-0.4, -0.2) is 9.97 Å². The summed E-state index contributed by atoms with van der Waals surface area (Å²) >= 11 is 0. The summed E-state index contributed by atoms with van der Waals surface area (Å²) in [7, 11) is 0. The van der Waals surface area contributed by atoms with Gasteiger partial charge in [0.15, 0.2) is 5.82 Å². The number of fused-ring (bicyclic) bond motifs is 3. The Bertz CT molecular complexity index is 2730. The maximum Gasteiger partial charge on any atom is 0.161 e. The molecule has 0 aliphatic carbocycles. The van der Waals surface area contributed by atoms with Crippen molar-refractivity contribution in [3.8, 4) is 62.1 Å². The second-order valence-electron chi connectivity index (χ2n) is 12.5. The van der Waals surface area contributed by atoms with Crippen molar-refractivity contribution in [1.29, 1.82) is 5.26 Å². The molecule has 0 fully saturated rings. The lowest BCUT2D eigenvalue weighted by Crippen LogP contribution is -1.96. The number of para-hydroxylation sites is 1. The van der Waals surface area contributed by atoms with Gasteiger partial charge in [0.25, 0.3) is 0 Å². The Morgan fingerprint density at radius 1 is 0.360 bits per heavy atom. The first-order valence-corrected chi connectivity index (χ1v) is 16.7. The van der Waals surface area contributed by atoms with Crippen LogP contribution < -0.4 is 0 Å². The summed E-state index contributed by atoms with van der Waals surface area (Å²) < 4.78 is 0. The topological polar surface area (TPSA) is 49.6 Å². The van der Waals surface area contributed by atoms with Crippen molar-refractivity contribution in [3.05, 3.63) is 181 Å². The molecule has 1 heterocycles. The minimum atomic E-state index is 0.667. The van der Waals surface area contributed by atoms with Crippen LogP contribution in [0.5, 0.6) is 0 Å². The largest absolute Gasteiger partial charge is 0.228 e. The van der Waals surface area contributed by atoms with Crippen molar-refractivity contribution in [2.24, 2.45) is 0 Å². The van der Waals surface area contributed by atoms with Crippen LogP contribution in [0.4, 0.5) is 0 Å². The van der Waals surface area contributed by atoms with Crippen molar-refractivity contribution in [1.82, 2.24) is 9.97 Å². The van der Waals surface area contributed by atoms with E-state index in [1.165, 1.54) is 27.3 Å². The van der Waals surface area contributed by atoms with Gasteiger partial charge in [-0.2, -0.15) is 5.26 Å². The molecular formula is C47H29N3. The predicted molar refractivity (Wildman–Crippen MR) is 206 cm³/mol. The second-order valence-corrected chi connectivity index (χ2v) is 12.5. The number of benzene rings is 8. The third kappa shape index (κ3) is 5.17. The van der Waals surface area contributed by atoms with Gasteiger partial charge in [-0.1, -0.05) is 158 Å². The molecule has 0 bridgehead atoms. The Balaban J connectivity index is 1.09. The Labute approximate surface area is 290 Å². The lowest BCUT2D eigenvalue weighted by Gasteiger charge is -2.14. The monoisotopic (exact) mass is 635 g/mol. The van der Waals surface area contributed by atoms with E-state index in [4.69, 9.17) is 15.2 Å². The number of aromatic nitrogens is 2. The Kier molecular flexibility index (Phi) is 7.19. The third-order valence-electron chi connectivity index (χ3n) is 9.57. The molecule has 0 spiro atoms. The first-order chi connectivity index (χ1) is 24.7. The van der Waals surface area contributed by atoms with Crippen LogP contribution in [0.25, 0.3) is 88.5 Å². The molecule has 0 atom stereocenters. The van der Waals surface area contributed by atoms with Crippen LogP contribution >= 0.6 is 0 Å². The molecule has 9 rings (SSSR count). The summed E-state index contributed by atoms with van der Waals surface area (Å²) in [6.07, 6.45) is 0. The Hall–Kier alpha value is -6.89. The third-order valence-corrected chi connectivity index (χ3v) is 9.57. The van der Waals surface area contributed by atoms with E-state index in [0.29, 0.717) is 5.56 Å². The van der Waals surface area contributed by atoms with Crippen molar-refractivity contribution in [2.45, 2.75) is 0 Å². The summed E-state index contributed by atoms with van der Waals surface area (Å²) in [5.41, 5.74) is 11.5. The van der Waals surface area contributed by atoms with Gasteiger partial charge in [-0.15, -0.1) is 0 Å². The maximum atomic E-state index is 9.15. The van der Waals surface area contributed by atoms with Gasteiger partial charge >= 0.3 is 0 Å². The highest BCUT2D eigenvalue weighted by Gasteiger charge is 2.15. The number of hydrogen-bond acceptors (Lipinski definition) is 3. The van der Waals surface area contributed by atoms with Crippen molar-refractivity contribution in [2.75, 3.05) is 0 Å². The fraction of sp³-hybridized carbons (Fsp3) is 0. The first-order valence-electron chi connectivity index (χ1n) is 16.7. The number of rotatable bonds is 5. The highest BCUT2D eigenvalue weighted by Crippen LogP contribution is 2.38. The molecule has 232 valence electrons. The zero-order valence-electron chi connectivity index (χ0n) is 27.1. The van der Waals surface area contributed by atoms with Crippen LogP contribution in [0.2, 0.25) is 0 Å². The highest BCUT2D eigenvalue weighted by atomic mass is 14.9. The van der Waals surface area contributed by atoms with Gasteiger partial charge in [0, 0.05) is 16.5 Å². The quantitative estimate of drug-likeness (QED) is 0.189. The zero-order chi connectivity index (χ0) is 33.4. The zero-order valence-corrected chi connectivity index (χ0v) is 27.1. The molecule has 0 amide bonds. The number of hydrogen-bond donors (Lipinski definition) is 0. The SMILES string of the molecule is N#Cc1ccc(-c2ccc(-c3ccc(-c4ccc(-c5nc(-c6cccc7ccccc67)nc6ccccc56)cc4)c4ccccc34)cc2)cc1. The van der Waals surface area contributed by atoms with Gasteiger partial charge in [-0.25, -0.2) is 9.97 Å². The van der Waals surface area contributed by atoms with E-state index in [1.807, 2.05) is 30.3 Å². The average Bonchev–Trinajstić information content (AvgIpc) is 3.20. The van der Waals surface area contributed by atoms with E-state index < -0.39 is 0 Å². The highest BCUT2D eigenvalue weighted by molar-refractivity contribution is 6.05. The molecule has 3 nitrogen and oxygen atoms in total. The van der Waals surface area contributed by atoms with Crippen molar-refractivity contribution < 1.29 is 0 Å². The lowest BCUT2D eigenvalue weighted by atomic mass is 9.91. The molecule has 0 aliphatic rings. The van der Waals surface area contributed by atoms with Crippen LogP contribution in [0.15, 0.2) is 176 Å². The second kappa shape index (κ2) is 12.3. The minimum absolute atomic E-state index is 0.667. The van der Waals surface area contributed by atoms with E-state index in [0.717, 1.165) is 61.2 Å². The van der Waals surface area contributed by atoms with Gasteiger partial charge in [0.1, 0.15) is 0 Å². The predicted octanol–water partition coefficient (Wildman–Crippen LogP) is 12.1. The number of nitrogens with zero attached hydrogens (tertiary/aromatic N) is 3. The fourth-order valence-corrected chi connectivity index (χ4v) is 7.03. The Morgan fingerprint density at radius 3 is 1.50 bits per heavy atom. The van der Waals surface area contributed by atoms with Gasteiger partial charge in [-0.05, 0) is 73.1 Å². The average molecular weight is 636 g/mol. The van der Waals surface area contributed by atoms with E-state index in [9.17, 15) is 0 Å². The molecule has 0 unspecified atom stereocenters. The summed E-state index contributed by atoms with van der Waals surface area (Å²) in [6.45, 7) is 0. The molecule has 0 N–H and O–H groups in total. The van der Waals surface area contributed by atoms with Gasteiger partial charge < -0.3 is 0 Å². The van der Waals surface area contributed by atoms with Crippen LogP contribution in [0, 0.1) is 11.3 Å². The van der Waals surface area contributed by atoms with Gasteiger partial charge in [-0.3, -0.25) is 0 Å². The molecule has 8 aromatic carbocycles. The molecule has 50 heavy (non-hydrogen) atoms. The minimum Gasteiger partial charge on any atom is -0.228 e. The molecule has 9 aromatic rings. The van der Waals surface area contributed by atoms with Gasteiger partial charge in [0.05, 0.1) is 22.8 Å². The van der Waals surface area contributed by atoms with Gasteiger partial charge in [0.2, 0.25) is 0 Å². The smallest absolute Gasteiger partial charge is 0.161 e. The van der Waals surface area contributed by atoms with E-state index in [2.05, 4.69) is 152 Å². The standard InChI is InChI=1S/C47H29N3/c48-30-31-16-18-32(19-17-31)33-20-22-35(23-21-33)39-28-29-40(42-12-4-3-11-41(39)42)36-24-26-37(27-25-36)46-44-13-5-6-15-45(44)49-47(50-46)43-14-7-9-34-8-1-2-10-38(34)43/h1-29H. The molecular weight excluding hydrogens is 607 g/mol. The van der Waals surface area contributed by atoms with Crippen molar-refractivity contribution in [3.63, 3.8) is 0 Å². The molecule has 3 heteroatoms. The number of nitriles is 1. The van der Waals surface area contributed by atoms with E-state index in [-0.39, 0.29) is 0 Å². The molecule has 0 saturated carbocycles. The van der Waals surface area contributed by atoms with Crippen LogP contribution in [0.1, 0.15) is 5.56 Å². The summed E-state index contributed by atoms with van der Waals surface area (Å²) in [5.74, 6) is 0.728. The summed E-state index contributed by atoms with van der Waals surface area (Å²) in [6, 6.07) is 63.4. The first kappa shape index (κ1) is 29.3. The maximum absolute atomic E-state index is 9.15. The van der Waals surface area contributed by atoms with Crippen LogP contribution in [-0.2, 0) is 0 Å². The Morgan fingerprint density at radius 2 is 0.860 bits per heavy atom. The lowest BCUT2D eigenvalue weighted by molar-refractivity contribution is 1.23. The van der Waals surface area contributed by atoms with E-state index >= 15 is 0 Å².